The molecule has 0 heterocycles. The summed E-state index contributed by atoms with van der Waals surface area (Å²) in [7, 11) is 0. The van der Waals surface area contributed by atoms with Gasteiger partial charge in [0.15, 0.2) is 0 Å². The summed E-state index contributed by atoms with van der Waals surface area (Å²) in [4.78, 5) is 47.6. The van der Waals surface area contributed by atoms with Crippen LogP contribution in [0.4, 0.5) is 0 Å². The first-order chi connectivity index (χ1) is 42.5. The van der Waals surface area contributed by atoms with Gasteiger partial charge in [0.25, 0.3) is 0 Å². The summed E-state index contributed by atoms with van der Waals surface area (Å²) in [6.07, 6.45) is 65.4. The predicted octanol–water partition coefficient (Wildman–Crippen LogP) is 22.2. The molecule has 528 valence electrons. The van der Waals surface area contributed by atoms with Gasteiger partial charge in [-0.15, -0.1) is 0 Å². The maximum absolute atomic E-state index is 11.9. The Morgan fingerprint density at radius 1 is 0.169 bits per heavy atom. The van der Waals surface area contributed by atoms with Crippen LogP contribution in [0, 0.1) is 21.7 Å². The van der Waals surface area contributed by atoms with Gasteiger partial charge in [0, 0.05) is 45.5 Å². The van der Waals surface area contributed by atoms with E-state index in [0.29, 0.717) is 0 Å². The van der Waals surface area contributed by atoms with E-state index in [9.17, 15) is 39.6 Å². The predicted molar refractivity (Wildman–Crippen MR) is 381 cm³/mol. The quantitative estimate of drug-likeness (QED) is 0.0430. The van der Waals surface area contributed by atoms with Crippen LogP contribution in [0.1, 0.15) is 468 Å². The third-order valence-corrected chi connectivity index (χ3v) is 19.8. The summed E-state index contributed by atoms with van der Waals surface area (Å²) in [6.45, 7) is 26.4. The largest absolute Gasteiger partial charge is 4.00 e. The zero-order valence-electron chi connectivity index (χ0n) is 62.2. The Hall–Kier alpha value is -1.58. The van der Waals surface area contributed by atoms with Crippen LogP contribution in [0.5, 0.6) is 0 Å². The molecule has 0 aliphatic carbocycles. The zero-order chi connectivity index (χ0) is 66.7. The number of unbranched alkanes of at least 4 members (excludes halogenated alkanes) is 36. The number of aliphatic carboxylic acids is 4. The summed E-state index contributed by atoms with van der Waals surface area (Å²) < 4.78 is 0. The fraction of sp³-hybridized carbons (Fsp3) is 0.950. The molecule has 0 unspecified atom stereocenters. The summed E-state index contributed by atoms with van der Waals surface area (Å²) in [6, 6.07) is 0. The fourth-order valence-electron chi connectivity index (χ4n) is 13.4. The monoisotopic (exact) mass is 1320 g/mol. The average molecular weight is 1320 g/mol. The van der Waals surface area contributed by atoms with Gasteiger partial charge in [-0.3, -0.25) is 0 Å². The molecule has 0 bridgehead atoms. The molecule has 0 rings (SSSR count). The third-order valence-electron chi connectivity index (χ3n) is 19.8. The minimum absolute atomic E-state index is 0. The van der Waals surface area contributed by atoms with E-state index in [1.807, 2.05) is 0 Å². The van der Waals surface area contributed by atoms with Crippen molar-refractivity contribution >= 4 is 41.5 Å². The van der Waals surface area contributed by atoms with Gasteiger partial charge in [0.05, 0.1) is 0 Å². The molecule has 0 N–H and O–H groups in total. The second kappa shape index (κ2) is 70.7. The standard InChI is InChI=1S/4C20H40O2.Ge/c4*1-4-7-10-13-16-20(19(21)22,17-14-11-8-5-2)18-15-12-9-6-3;/h4*4-18H2,1-3H3,(H,21,22);/q;;;;+4/p-4. The first kappa shape index (κ1) is 96.1. The second-order valence-corrected chi connectivity index (χ2v) is 28.0. The Kier molecular flexibility index (Phi) is 76.4. The Balaban J connectivity index is -0.000000351. The Bertz CT molecular complexity index is 1140. The molecule has 0 aliphatic heterocycles. The number of hydrogen-bond acceptors (Lipinski definition) is 8. The van der Waals surface area contributed by atoms with E-state index in [2.05, 4.69) is 83.1 Å². The molecule has 0 aromatic carbocycles. The van der Waals surface area contributed by atoms with Crippen molar-refractivity contribution in [3.05, 3.63) is 0 Å². The number of carboxylic acid groups (broad SMARTS) is 4. The van der Waals surface area contributed by atoms with Gasteiger partial charge in [0.2, 0.25) is 0 Å². The number of carbonyl (C=O) groups is 4. The van der Waals surface area contributed by atoms with Crippen molar-refractivity contribution in [1.29, 1.82) is 0 Å². The fourth-order valence-corrected chi connectivity index (χ4v) is 13.4. The molecule has 9 heteroatoms. The smallest absolute Gasteiger partial charge is 0.550 e. The Labute approximate surface area is 568 Å². The first-order valence-electron chi connectivity index (χ1n) is 39.4. The van der Waals surface area contributed by atoms with Crippen LogP contribution >= 0.6 is 0 Å². The summed E-state index contributed by atoms with van der Waals surface area (Å²) >= 11 is 0. The third kappa shape index (κ3) is 54.4. The minimum atomic E-state index is -0.781. The van der Waals surface area contributed by atoms with Crippen LogP contribution in [0.15, 0.2) is 0 Å². The summed E-state index contributed by atoms with van der Waals surface area (Å²) in [5.41, 5.74) is -2.19. The van der Waals surface area contributed by atoms with Crippen molar-refractivity contribution < 1.29 is 39.6 Å². The van der Waals surface area contributed by atoms with Gasteiger partial charge in [-0.25, -0.2) is 0 Å². The molecule has 8 nitrogen and oxygen atoms in total. The molecule has 0 radical (unpaired) electrons. The average Bonchev–Trinajstić information content (AvgIpc) is 3.62. The van der Waals surface area contributed by atoms with E-state index in [4.69, 9.17) is 0 Å². The zero-order valence-corrected chi connectivity index (χ0v) is 64.3. The summed E-state index contributed by atoms with van der Waals surface area (Å²) in [5.74, 6) is -3.12. The van der Waals surface area contributed by atoms with Gasteiger partial charge < -0.3 is 39.6 Å². The van der Waals surface area contributed by atoms with Crippen LogP contribution < -0.4 is 20.4 Å². The van der Waals surface area contributed by atoms with E-state index in [0.717, 1.165) is 231 Å². The molecular weight excluding hydrogens is 1160 g/mol. The van der Waals surface area contributed by atoms with Crippen LogP contribution in [-0.4, -0.2) is 41.5 Å². The SMILES string of the molecule is CCCCCCC(CCCCCC)(CCCCCC)C(=O)[O-].CCCCCCC(CCCCCC)(CCCCCC)C(=O)[O-].CCCCCCC(CCCCCC)(CCCCCC)C(=O)[O-].CCCCCCC(CCCCCC)(CCCCCC)C(=O)[O-].[Ge+4]. The van der Waals surface area contributed by atoms with Crippen molar-refractivity contribution in [1.82, 2.24) is 0 Å². The van der Waals surface area contributed by atoms with Crippen LogP contribution in [0.3, 0.4) is 0 Å². The molecule has 0 fully saturated rings. The van der Waals surface area contributed by atoms with E-state index >= 15 is 0 Å². The maximum Gasteiger partial charge on any atom is 4.00 e. The van der Waals surface area contributed by atoms with Crippen LogP contribution in [0.25, 0.3) is 0 Å². The van der Waals surface area contributed by atoms with Gasteiger partial charge >= 0.3 is 17.6 Å². The second-order valence-electron chi connectivity index (χ2n) is 28.0. The molecule has 0 spiro atoms. The van der Waals surface area contributed by atoms with Gasteiger partial charge in [-0.1, -0.05) is 391 Å². The maximum atomic E-state index is 11.9. The molecule has 0 aromatic rings. The van der Waals surface area contributed by atoms with Crippen molar-refractivity contribution in [2.24, 2.45) is 21.7 Å². The molecule has 89 heavy (non-hydrogen) atoms. The molecule has 0 atom stereocenters. The van der Waals surface area contributed by atoms with Crippen LogP contribution in [-0.2, 0) is 19.2 Å². The van der Waals surface area contributed by atoms with Crippen molar-refractivity contribution in [2.75, 3.05) is 0 Å². The van der Waals surface area contributed by atoms with Gasteiger partial charge in [-0.2, -0.15) is 0 Å². The van der Waals surface area contributed by atoms with Gasteiger partial charge in [-0.05, 0) is 77.0 Å². The van der Waals surface area contributed by atoms with Crippen molar-refractivity contribution in [2.45, 2.75) is 468 Å². The summed E-state index contributed by atoms with van der Waals surface area (Å²) in [5, 5.41) is 47.6. The number of carboxylic acids is 4. The van der Waals surface area contributed by atoms with Crippen molar-refractivity contribution in [3.63, 3.8) is 0 Å². The molecule has 0 amide bonds. The van der Waals surface area contributed by atoms with E-state index in [-0.39, 0.29) is 17.6 Å². The van der Waals surface area contributed by atoms with Gasteiger partial charge in [0.1, 0.15) is 0 Å². The van der Waals surface area contributed by atoms with E-state index in [1.165, 1.54) is 154 Å². The normalized spacial score (nSPS) is 11.6. The molecule has 0 saturated carbocycles. The minimum Gasteiger partial charge on any atom is -0.550 e. The molecular formula is C80H156GeO8. The Morgan fingerprint density at radius 3 is 0.303 bits per heavy atom. The number of rotatable bonds is 64. The van der Waals surface area contributed by atoms with E-state index < -0.39 is 45.5 Å². The number of carbonyl (C=O) groups excluding carboxylic acids is 4. The first-order valence-corrected chi connectivity index (χ1v) is 39.4. The Morgan fingerprint density at radius 2 is 0.247 bits per heavy atom. The van der Waals surface area contributed by atoms with Crippen LogP contribution in [0.2, 0.25) is 0 Å². The number of hydrogen-bond donors (Lipinski definition) is 0. The molecule has 0 saturated heterocycles. The van der Waals surface area contributed by atoms with Crippen molar-refractivity contribution in [3.8, 4) is 0 Å². The topological polar surface area (TPSA) is 161 Å². The molecule has 0 aromatic heterocycles. The van der Waals surface area contributed by atoms with E-state index in [1.54, 1.807) is 0 Å². The molecule has 0 aliphatic rings.